The largest absolute Gasteiger partial charge is 0.464 e. The maximum atomic E-state index is 11.8. The number of hydrogen-bond acceptors (Lipinski definition) is 2. The van der Waals surface area contributed by atoms with Crippen LogP contribution in [0.4, 0.5) is 0 Å². The van der Waals surface area contributed by atoms with Crippen LogP contribution in [0.1, 0.15) is 44.6 Å². The summed E-state index contributed by atoms with van der Waals surface area (Å²) in [5.41, 5.74) is 1.01. The van der Waals surface area contributed by atoms with E-state index < -0.39 is 0 Å². The fraction of sp³-hybridized carbons (Fsp3) is 0.533. The van der Waals surface area contributed by atoms with E-state index in [0.29, 0.717) is 12.5 Å². The summed E-state index contributed by atoms with van der Waals surface area (Å²) in [6.45, 7) is 6.61. The van der Waals surface area contributed by atoms with Gasteiger partial charge in [-0.1, -0.05) is 12.5 Å². The number of carbonyl (C=O) groups is 1. The molecule has 2 rings (SSSR count). The molecule has 1 aromatic heterocycles. The summed E-state index contributed by atoms with van der Waals surface area (Å²) in [4.78, 5) is 13.4. The highest BCUT2D eigenvalue weighted by atomic mass is 16.3. The molecule has 0 bridgehead atoms. The zero-order valence-corrected chi connectivity index (χ0v) is 11.6. The Balaban J connectivity index is 1.95. The number of amides is 1. The molecule has 1 aliphatic carbocycles. The first kappa shape index (κ1) is 12.9. The van der Waals surface area contributed by atoms with Gasteiger partial charge in [0.25, 0.3) is 0 Å². The number of hydrogen-bond donors (Lipinski definition) is 0. The minimum absolute atomic E-state index is 0.0211. The van der Waals surface area contributed by atoms with Crippen molar-refractivity contribution in [2.75, 3.05) is 7.05 Å². The molecule has 0 spiro atoms. The van der Waals surface area contributed by atoms with Crippen molar-refractivity contribution in [1.82, 2.24) is 4.90 Å². The van der Waals surface area contributed by atoms with Gasteiger partial charge in [-0.25, -0.2) is 0 Å². The normalized spacial score (nSPS) is 21.6. The van der Waals surface area contributed by atoms with Crippen molar-refractivity contribution in [3.63, 3.8) is 0 Å². The third-order valence-electron chi connectivity index (χ3n) is 3.34. The van der Waals surface area contributed by atoms with E-state index in [1.165, 1.54) is 6.42 Å². The number of nitrogens with zero attached hydrogens (tertiary/aromatic N) is 1. The molecule has 1 heterocycles. The van der Waals surface area contributed by atoms with Gasteiger partial charge in [0.1, 0.15) is 11.5 Å². The van der Waals surface area contributed by atoms with E-state index in [1.54, 1.807) is 18.0 Å². The molecule has 0 radical (unpaired) electrons. The molecule has 98 valence electrons. The molecule has 1 fully saturated rings. The van der Waals surface area contributed by atoms with Gasteiger partial charge in [-0.15, -0.1) is 0 Å². The van der Waals surface area contributed by atoms with Gasteiger partial charge in [-0.2, -0.15) is 0 Å². The second-order valence-corrected chi connectivity index (χ2v) is 5.54. The molecule has 1 aromatic rings. The Labute approximate surface area is 108 Å². The lowest BCUT2D eigenvalue weighted by atomic mass is 10.3. The molecule has 2 unspecified atom stereocenters. The molecule has 1 saturated carbocycles. The van der Waals surface area contributed by atoms with Crippen LogP contribution in [0.15, 0.2) is 28.2 Å². The SMILES string of the molecule is CC(C)=CC(=O)N(C)Cc1ccc(C2CC2C)o1. The predicted molar refractivity (Wildman–Crippen MR) is 71.1 cm³/mol. The first-order valence-electron chi connectivity index (χ1n) is 6.46. The van der Waals surface area contributed by atoms with Gasteiger partial charge in [-0.3, -0.25) is 4.79 Å². The summed E-state index contributed by atoms with van der Waals surface area (Å²) in [6, 6.07) is 4.02. The quantitative estimate of drug-likeness (QED) is 0.765. The van der Waals surface area contributed by atoms with E-state index in [4.69, 9.17) is 4.42 Å². The maximum Gasteiger partial charge on any atom is 0.246 e. The highest BCUT2D eigenvalue weighted by molar-refractivity contribution is 5.87. The standard InChI is InChI=1S/C15H21NO2/c1-10(2)7-15(17)16(4)9-12-5-6-14(18-12)13-8-11(13)3/h5-7,11,13H,8-9H2,1-4H3. The fourth-order valence-electron chi connectivity index (χ4n) is 2.07. The van der Waals surface area contributed by atoms with Crippen molar-refractivity contribution in [3.05, 3.63) is 35.3 Å². The van der Waals surface area contributed by atoms with Crippen LogP contribution in [0.3, 0.4) is 0 Å². The Hall–Kier alpha value is -1.51. The molecule has 2 atom stereocenters. The van der Waals surface area contributed by atoms with Crippen LogP contribution >= 0.6 is 0 Å². The molecule has 1 amide bonds. The number of allylic oxidation sites excluding steroid dienone is 1. The summed E-state index contributed by atoms with van der Waals surface area (Å²) in [7, 11) is 1.80. The van der Waals surface area contributed by atoms with Crippen molar-refractivity contribution >= 4 is 5.91 Å². The predicted octanol–water partition coefficient (Wildman–Crippen LogP) is 3.33. The van der Waals surface area contributed by atoms with Crippen molar-refractivity contribution in [2.24, 2.45) is 5.92 Å². The lowest BCUT2D eigenvalue weighted by molar-refractivity contribution is -0.125. The minimum Gasteiger partial charge on any atom is -0.464 e. The lowest BCUT2D eigenvalue weighted by Crippen LogP contribution is -2.24. The van der Waals surface area contributed by atoms with E-state index in [9.17, 15) is 4.79 Å². The Morgan fingerprint density at radius 1 is 1.50 bits per heavy atom. The summed E-state index contributed by atoms with van der Waals surface area (Å²) in [5.74, 6) is 3.29. The third-order valence-corrected chi connectivity index (χ3v) is 3.34. The van der Waals surface area contributed by atoms with Crippen molar-refractivity contribution < 1.29 is 9.21 Å². The van der Waals surface area contributed by atoms with Gasteiger partial charge >= 0.3 is 0 Å². The van der Waals surface area contributed by atoms with Crippen LogP contribution in [0, 0.1) is 5.92 Å². The summed E-state index contributed by atoms with van der Waals surface area (Å²) in [5, 5.41) is 0. The second-order valence-electron chi connectivity index (χ2n) is 5.54. The Bertz CT molecular complexity index is 469. The Morgan fingerprint density at radius 2 is 2.17 bits per heavy atom. The van der Waals surface area contributed by atoms with Crippen LogP contribution in [0.2, 0.25) is 0 Å². The van der Waals surface area contributed by atoms with E-state index in [1.807, 2.05) is 26.0 Å². The van der Waals surface area contributed by atoms with Crippen LogP contribution < -0.4 is 0 Å². The van der Waals surface area contributed by atoms with Gasteiger partial charge in [0.05, 0.1) is 6.54 Å². The van der Waals surface area contributed by atoms with Crippen LogP contribution in [0.25, 0.3) is 0 Å². The van der Waals surface area contributed by atoms with Crippen LogP contribution in [-0.4, -0.2) is 17.9 Å². The van der Waals surface area contributed by atoms with E-state index in [-0.39, 0.29) is 5.91 Å². The maximum absolute atomic E-state index is 11.8. The second kappa shape index (κ2) is 5.01. The topological polar surface area (TPSA) is 33.5 Å². The first-order valence-corrected chi connectivity index (χ1v) is 6.46. The number of likely N-dealkylation sites (N-methyl/N-ethyl adjacent to an activating group) is 1. The van der Waals surface area contributed by atoms with Gasteiger partial charge < -0.3 is 9.32 Å². The highest BCUT2D eigenvalue weighted by Crippen LogP contribution is 2.47. The molecular weight excluding hydrogens is 226 g/mol. The monoisotopic (exact) mass is 247 g/mol. The Morgan fingerprint density at radius 3 is 2.72 bits per heavy atom. The molecule has 1 aliphatic rings. The van der Waals surface area contributed by atoms with Gasteiger partial charge in [0.15, 0.2) is 0 Å². The molecule has 18 heavy (non-hydrogen) atoms. The average molecular weight is 247 g/mol. The first-order chi connectivity index (χ1) is 8.47. The molecule has 0 N–H and O–H groups in total. The number of furan rings is 1. The highest BCUT2D eigenvalue weighted by Gasteiger charge is 2.36. The molecule has 0 saturated heterocycles. The fourth-order valence-corrected chi connectivity index (χ4v) is 2.07. The average Bonchev–Trinajstić information content (AvgIpc) is 2.83. The molecule has 3 heteroatoms. The van der Waals surface area contributed by atoms with Gasteiger partial charge in [-0.05, 0) is 38.3 Å². The molecule has 0 aromatic carbocycles. The van der Waals surface area contributed by atoms with Crippen LogP contribution in [-0.2, 0) is 11.3 Å². The van der Waals surface area contributed by atoms with E-state index in [2.05, 4.69) is 6.92 Å². The number of rotatable bonds is 4. The van der Waals surface area contributed by atoms with Gasteiger partial charge in [0.2, 0.25) is 5.91 Å². The van der Waals surface area contributed by atoms with E-state index >= 15 is 0 Å². The smallest absolute Gasteiger partial charge is 0.246 e. The lowest BCUT2D eigenvalue weighted by Gasteiger charge is -2.13. The van der Waals surface area contributed by atoms with Crippen molar-refractivity contribution in [3.8, 4) is 0 Å². The molecule has 3 nitrogen and oxygen atoms in total. The van der Waals surface area contributed by atoms with Crippen molar-refractivity contribution in [1.29, 1.82) is 0 Å². The zero-order chi connectivity index (χ0) is 13.3. The summed E-state index contributed by atoms with van der Waals surface area (Å²) < 4.78 is 5.79. The molecular formula is C15H21NO2. The van der Waals surface area contributed by atoms with E-state index in [0.717, 1.165) is 23.0 Å². The number of carbonyl (C=O) groups excluding carboxylic acids is 1. The van der Waals surface area contributed by atoms with Gasteiger partial charge in [0, 0.05) is 19.0 Å². The molecule has 0 aliphatic heterocycles. The van der Waals surface area contributed by atoms with Crippen molar-refractivity contribution in [2.45, 2.75) is 39.7 Å². The van der Waals surface area contributed by atoms with Crippen LogP contribution in [0.5, 0.6) is 0 Å². The zero-order valence-electron chi connectivity index (χ0n) is 11.6. The summed E-state index contributed by atoms with van der Waals surface area (Å²) in [6.07, 6.45) is 2.87. The Kier molecular flexibility index (Phi) is 3.60. The summed E-state index contributed by atoms with van der Waals surface area (Å²) >= 11 is 0. The minimum atomic E-state index is 0.0211. The third kappa shape index (κ3) is 3.03.